The molecule has 1 fully saturated rings. The van der Waals surface area contributed by atoms with E-state index >= 15 is 0 Å². The largest absolute Gasteiger partial charge is 0.744 e. The summed E-state index contributed by atoms with van der Waals surface area (Å²) < 4.78 is 71.7. The number of fused-ring (bicyclic) bond motifs is 1. The summed E-state index contributed by atoms with van der Waals surface area (Å²) in [6.07, 6.45) is 7.60. The van der Waals surface area contributed by atoms with Crippen LogP contribution in [0, 0.1) is 7.14 Å². The van der Waals surface area contributed by atoms with E-state index in [2.05, 4.69) is 45.2 Å². The standard InChI is InChI=1S/C25H30I2O6S2/c1-15(2)20-14-22(34(28,29)30)18-10-6-7-11-19(18)25(20)33-35(31,32)23-13-17(26)12-21(27)24(23)16-8-4-3-5-9-16/h12-16H,3-11H2,1-2H3,(H,28,29,30)/p-1. The van der Waals surface area contributed by atoms with E-state index in [1.54, 1.807) is 6.07 Å². The predicted molar refractivity (Wildman–Crippen MR) is 151 cm³/mol. The van der Waals surface area contributed by atoms with Crippen molar-refractivity contribution in [3.63, 3.8) is 0 Å². The summed E-state index contributed by atoms with van der Waals surface area (Å²) in [7, 11) is -8.92. The molecule has 1 saturated carbocycles. The van der Waals surface area contributed by atoms with Crippen LogP contribution in [0.5, 0.6) is 5.75 Å². The van der Waals surface area contributed by atoms with Crippen molar-refractivity contribution in [2.45, 2.75) is 93.3 Å². The molecule has 4 rings (SSSR count). The van der Waals surface area contributed by atoms with Crippen LogP contribution in [0.1, 0.15) is 92.9 Å². The van der Waals surface area contributed by atoms with Gasteiger partial charge in [0.05, 0.1) is 4.90 Å². The zero-order valence-electron chi connectivity index (χ0n) is 19.8. The summed E-state index contributed by atoms with van der Waals surface area (Å²) in [5, 5.41) is 0. The van der Waals surface area contributed by atoms with Gasteiger partial charge >= 0.3 is 10.1 Å². The molecule has 0 amide bonds. The SMILES string of the molecule is CC(C)c1cc(S(=O)(=O)[O-])c2c(c1OS(=O)(=O)c1cc(I)cc(I)c1C1CCCCC1)CCCC2. The van der Waals surface area contributed by atoms with E-state index < -0.39 is 20.2 Å². The first-order chi connectivity index (χ1) is 16.4. The fourth-order valence-corrected chi connectivity index (χ4v) is 10.2. The summed E-state index contributed by atoms with van der Waals surface area (Å²) in [5.41, 5.74) is 2.21. The monoisotopic (exact) mass is 743 g/mol. The lowest BCUT2D eigenvalue weighted by Crippen LogP contribution is -2.20. The van der Waals surface area contributed by atoms with Crippen LogP contribution in [0.15, 0.2) is 28.0 Å². The van der Waals surface area contributed by atoms with Gasteiger partial charge in [-0.25, -0.2) is 8.42 Å². The van der Waals surface area contributed by atoms with E-state index in [9.17, 15) is 21.4 Å². The first kappa shape index (κ1) is 27.6. The second-order valence-electron chi connectivity index (χ2n) is 9.74. The topological polar surface area (TPSA) is 101 Å². The van der Waals surface area contributed by atoms with Gasteiger partial charge < -0.3 is 8.74 Å². The van der Waals surface area contributed by atoms with Crippen molar-refractivity contribution < 1.29 is 25.6 Å². The number of rotatable bonds is 6. The predicted octanol–water partition coefficient (Wildman–Crippen LogP) is 6.62. The first-order valence-corrected chi connectivity index (χ1v) is 17.0. The molecule has 0 heterocycles. The number of benzene rings is 2. The lowest BCUT2D eigenvalue weighted by Gasteiger charge is -2.28. The van der Waals surface area contributed by atoms with E-state index in [1.165, 1.54) is 6.07 Å². The first-order valence-electron chi connectivity index (χ1n) is 12.0. The van der Waals surface area contributed by atoms with Gasteiger partial charge in [0.15, 0.2) is 0 Å². The van der Waals surface area contributed by atoms with E-state index in [0.717, 1.165) is 57.6 Å². The zero-order chi connectivity index (χ0) is 25.5. The molecule has 0 saturated heterocycles. The quantitative estimate of drug-likeness (QED) is 0.188. The Labute approximate surface area is 235 Å². The summed E-state index contributed by atoms with van der Waals surface area (Å²) >= 11 is 4.35. The maximum absolute atomic E-state index is 13.9. The summed E-state index contributed by atoms with van der Waals surface area (Å²) in [5.74, 6) is 0.125. The molecule has 0 aliphatic heterocycles. The fourth-order valence-electron chi connectivity index (χ4n) is 5.36. The van der Waals surface area contributed by atoms with Gasteiger partial charge in [-0.15, -0.1) is 0 Å². The zero-order valence-corrected chi connectivity index (χ0v) is 25.7. The molecule has 0 bridgehead atoms. The Morgan fingerprint density at radius 3 is 2.11 bits per heavy atom. The van der Waals surface area contributed by atoms with Gasteiger partial charge in [-0.1, -0.05) is 33.1 Å². The molecule has 35 heavy (non-hydrogen) atoms. The molecule has 6 nitrogen and oxygen atoms in total. The van der Waals surface area contributed by atoms with Crippen LogP contribution in [0.3, 0.4) is 0 Å². The van der Waals surface area contributed by atoms with Gasteiger partial charge in [-0.3, -0.25) is 0 Å². The molecule has 0 aromatic heterocycles. The van der Waals surface area contributed by atoms with Crippen molar-refractivity contribution in [3.05, 3.63) is 47.6 Å². The van der Waals surface area contributed by atoms with Crippen LogP contribution in [0.25, 0.3) is 0 Å². The minimum atomic E-state index is -4.70. The van der Waals surface area contributed by atoms with Crippen molar-refractivity contribution in [1.82, 2.24) is 0 Å². The molecule has 0 spiro atoms. The van der Waals surface area contributed by atoms with Gasteiger partial charge in [-0.05, 0) is 125 Å². The highest BCUT2D eigenvalue weighted by molar-refractivity contribution is 14.1. The van der Waals surface area contributed by atoms with Crippen LogP contribution in [0.4, 0.5) is 0 Å². The Kier molecular flexibility index (Phi) is 8.47. The second-order valence-corrected chi connectivity index (χ2v) is 15.0. The minimum Gasteiger partial charge on any atom is -0.744 e. The van der Waals surface area contributed by atoms with Crippen molar-refractivity contribution in [2.75, 3.05) is 0 Å². The molecular weight excluding hydrogens is 714 g/mol. The summed E-state index contributed by atoms with van der Waals surface area (Å²) in [6, 6.07) is 5.02. The molecule has 0 N–H and O–H groups in total. The van der Waals surface area contributed by atoms with Crippen molar-refractivity contribution in [1.29, 1.82) is 0 Å². The third-order valence-electron chi connectivity index (χ3n) is 7.01. The normalized spacial score (nSPS) is 17.4. The highest BCUT2D eigenvalue weighted by Crippen LogP contribution is 2.44. The third-order valence-corrected chi connectivity index (χ3v) is 10.7. The van der Waals surface area contributed by atoms with Crippen LogP contribution < -0.4 is 4.18 Å². The van der Waals surface area contributed by atoms with Gasteiger partial charge in [0.25, 0.3) is 0 Å². The third kappa shape index (κ3) is 5.85. The van der Waals surface area contributed by atoms with Crippen LogP contribution in [-0.4, -0.2) is 21.4 Å². The molecule has 0 unspecified atom stereocenters. The molecule has 0 atom stereocenters. The maximum atomic E-state index is 13.9. The van der Waals surface area contributed by atoms with Gasteiger partial charge in [0.1, 0.15) is 20.8 Å². The molecule has 2 aromatic carbocycles. The van der Waals surface area contributed by atoms with E-state index in [0.29, 0.717) is 29.5 Å². The average Bonchev–Trinajstić information content (AvgIpc) is 2.78. The highest BCUT2D eigenvalue weighted by Gasteiger charge is 2.32. The number of hydrogen-bond acceptors (Lipinski definition) is 6. The summed E-state index contributed by atoms with van der Waals surface area (Å²) in [4.78, 5) is -0.0483. The van der Waals surface area contributed by atoms with Crippen molar-refractivity contribution in [2.24, 2.45) is 0 Å². The maximum Gasteiger partial charge on any atom is 0.339 e. The highest BCUT2D eigenvalue weighted by atomic mass is 127. The molecule has 10 heteroatoms. The van der Waals surface area contributed by atoms with E-state index in [-0.39, 0.29) is 27.4 Å². The average molecular weight is 743 g/mol. The lowest BCUT2D eigenvalue weighted by atomic mass is 9.84. The van der Waals surface area contributed by atoms with Crippen molar-refractivity contribution in [3.8, 4) is 5.75 Å². The van der Waals surface area contributed by atoms with Gasteiger partial charge in [-0.2, -0.15) is 8.42 Å². The van der Waals surface area contributed by atoms with E-state index in [4.69, 9.17) is 4.18 Å². The molecule has 0 radical (unpaired) electrons. The number of hydrogen-bond donors (Lipinski definition) is 0. The Morgan fingerprint density at radius 1 is 0.886 bits per heavy atom. The number of halogens is 2. The Balaban J connectivity index is 1.90. The lowest BCUT2D eigenvalue weighted by molar-refractivity contribution is 0.432. The van der Waals surface area contributed by atoms with E-state index in [1.807, 2.05) is 19.9 Å². The molecule has 2 aliphatic rings. The van der Waals surface area contributed by atoms with Crippen LogP contribution in [0.2, 0.25) is 0 Å². The Bertz CT molecular complexity index is 1340. The van der Waals surface area contributed by atoms with Gasteiger partial charge in [0.2, 0.25) is 0 Å². The fraction of sp³-hybridized carbons (Fsp3) is 0.520. The van der Waals surface area contributed by atoms with Crippen LogP contribution in [-0.2, 0) is 33.1 Å². The second kappa shape index (κ2) is 10.7. The molecule has 2 aliphatic carbocycles. The Hall–Kier alpha value is -0.440. The van der Waals surface area contributed by atoms with Crippen LogP contribution >= 0.6 is 45.2 Å². The smallest absolute Gasteiger partial charge is 0.339 e. The Morgan fingerprint density at radius 2 is 1.51 bits per heavy atom. The molecular formula is C25H29I2O6S2-. The summed E-state index contributed by atoms with van der Waals surface area (Å²) in [6.45, 7) is 3.68. The minimum absolute atomic E-state index is 0.160. The molecule has 2 aromatic rings. The molecule has 192 valence electrons. The van der Waals surface area contributed by atoms with Gasteiger partial charge in [0, 0.05) is 18.3 Å². The van der Waals surface area contributed by atoms with Crippen molar-refractivity contribution >= 4 is 65.4 Å².